The number of aliphatic hydroxyl groups is 2. The first-order valence-corrected chi connectivity index (χ1v) is 18.4. The number of aromatic hydroxyl groups is 1. The van der Waals surface area contributed by atoms with Crippen LogP contribution in [0.1, 0.15) is 45.6 Å². The average Bonchev–Trinajstić information content (AvgIpc) is 3.60. The lowest BCUT2D eigenvalue weighted by atomic mass is 9.96. The molecule has 1 aliphatic rings. The van der Waals surface area contributed by atoms with Gasteiger partial charge in [0.05, 0.1) is 12.9 Å². The maximum atomic E-state index is 14.8. The van der Waals surface area contributed by atoms with Crippen molar-refractivity contribution >= 4 is 57.5 Å². The molecule has 0 radical (unpaired) electrons. The second-order valence-electron chi connectivity index (χ2n) is 12.8. The number of halogens is 1. The molecule has 1 aliphatic heterocycles. The molecule has 3 aromatic carbocycles. The van der Waals surface area contributed by atoms with Crippen LogP contribution < -0.4 is 15.3 Å². The molecule has 0 amide bonds. The Hall–Kier alpha value is -4.15. The number of benzene rings is 3. The van der Waals surface area contributed by atoms with Crippen LogP contribution in [0, 0.1) is 5.92 Å². The van der Waals surface area contributed by atoms with E-state index in [0.29, 0.717) is 5.39 Å². The number of nitrogens with one attached hydrogen (secondary N) is 1. The van der Waals surface area contributed by atoms with E-state index < -0.39 is 68.3 Å². The Morgan fingerprint density at radius 1 is 1.12 bits per heavy atom. The van der Waals surface area contributed by atoms with Gasteiger partial charge in [0.1, 0.15) is 35.7 Å². The number of ether oxygens (including phenoxy) is 2. The summed E-state index contributed by atoms with van der Waals surface area (Å²) >= 11 is 3.40. The molecule has 1 saturated heterocycles. The van der Waals surface area contributed by atoms with E-state index in [1.54, 1.807) is 45.0 Å². The van der Waals surface area contributed by atoms with Crippen LogP contribution in [0.25, 0.3) is 21.9 Å². The SMILES string of the molecule is CC(C)[C@H](NP(=O)(OC[C@H]1OC(n2cnc3c(O)nc(N)nc32)[C@](C)(O)[C@@H]1O)Oc1cccc2ccccc12)C(=O)O[C@@H](C)c1ccc(Br)cc1. The standard InChI is InChI=1S/C34H38BrN6O9P/c1-18(2)26(31(44)48-19(3)20-12-14-22(35)15-13-20)40-51(46,50-24-11-7-9-21-8-5-6-10-23(21)24)47-16-25-28(42)34(4,45)32(49-25)41-17-37-27-29(41)38-33(36)39-30(27)43/h5-15,17-19,25-26,28,32,42,45H,16H2,1-4H3,(H,40,46)(H3,36,38,39,43)/t19-,25+,26-,28+,32?,34+,51?/m0/s1. The minimum atomic E-state index is -4.50. The first-order valence-electron chi connectivity index (χ1n) is 16.1. The van der Waals surface area contributed by atoms with Gasteiger partial charge in [0.25, 0.3) is 0 Å². The Morgan fingerprint density at radius 2 is 1.82 bits per heavy atom. The van der Waals surface area contributed by atoms with Gasteiger partial charge in [-0.25, -0.2) is 9.55 Å². The van der Waals surface area contributed by atoms with Crippen molar-refractivity contribution in [1.82, 2.24) is 24.6 Å². The zero-order chi connectivity index (χ0) is 36.7. The molecule has 7 atom stereocenters. The molecule has 17 heteroatoms. The number of aromatic nitrogens is 4. The Balaban J connectivity index is 1.28. The van der Waals surface area contributed by atoms with Gasteiger partial charge in [-0.3, -0.25) is 13.9 Å². The summed E-state index contributed by atoms with van der Waals surface area (Å²) in [4.78, 5) is 25.5. The van der Waals surface area contributed by atoms with E-state index in [-0.39, 0.29) is 22.9 Å². The maximum absolute atomic E-state index is 14.8. The van der Waals surface area contributed by atoms with Gasteiger partial charge in [-0.2, -0.15) is 15.1 Å². The van der Waals surface area contributed by atoms with E-state index in [9.17, 15) is 24.7 Å². The zero-order valence-corrected chi connectivity index (χ0v) is 30.6. The van der Waals surface area contributed by atoms with Crippen molar-refractivity contribution < 1.29 is 43.2 Å². The molecular formula is C34H38BrN6O9P. The van der Waals surface area contributed by atoms with Crippen molar-refractivity contribution in [1.29, 1.82) is 0 Å². The van der Waals surface area contributed by atoms with Crippen LogP contribution in [-0.2, 0) is 23.4 Å². The lowest BCUT2D eigenvalue weighted by Crippen LogP contribution is -2.45. The van der Waals surface area contributed by atoms with E-state index in [2.05, 4.69) is 36.0 Å². The molecule has 5 aromatic rings. The second kappa shape index (κ2) is 14.5. The molecule has 2 aromatic heterocycles. The number of carbonyl (C=O) groups is 1. The maximum Gasteiger partial charge on any atom is 0.459 e. The summed E-state index contributed by atoms with van der Waals surface area (Å²) < 4.78 is 40.9. The third kappa shape index (κ3) is 7.58. The summed E-state index contributed by atoms with van der Waals surface area (Å²) in [6.45, 7) is 6.00. The van der Waals surface area contributed by atoms with E-state index >= 15 is 0 Å². The van der Waals surface area contributed by atoms with Gasteiger partial charge in [0.15, 0.2) is 17.4 Å². The number of hydrogen-bond donors (Lipinski definition) is 5. The summed E-state index contributed by atoms with van der Waals surface area (Å²) in [5.41, 5.74) is 4.56. The fourth-order valence-electron chi connectivity index (χ4n) is 5.83. The predicted molar refractivity (Wildman–Crippen MR) is 190 cm³/mol. The molecule has 3 heterocycles. The second-order valence-corrected chi connectivity index (χ2v) is 15.4. The van der Waals surface area contributed by atoms with Gasteiger partial charge >= 0.3 is 13.7 Å². The molecule has 6 N–H and O–H groups in total. The summed E-state index contributed by atoms with van der Waals surface area (Å²) in [5.74, 6) is -1.65. The Bertz CT molecular complexity index is 2090. The largest absolute Gasteiger partial charge is 0.492 e. The van der Waals surface area contributed by atoms with Crippen molar-refractivity contribution in [2.75, 3.05) is 12.3 Å². The topological polar surface area (TPSA) is 213 Å². The highest BCUT2D eigenvalue weighted by atomic mass is 79.9. The molecule has 0 saturated carbocycles. The van der Waals surface area contributed by atoms with Crippen molar-refractivity contribution in [2.45, 2.75) is 63.9 Å². The highest BCUT2D eigenvalue weighted by Gasteiger charge is 2.54. The first-order chi connectivity index (χ1) is 24.2. The number of fused-ring (bicyclic) bond motifs is 2. The zero-order valence-electron chi connectivity index (χ0n) is 28.1. The number of imidazole rings is 1. The van der Waals surface area contributed by atoms with Gasteiger partial charge in [0, 0.05) is 9.86 Å². The van der Waals surface area contributed by atoms with Gasteiger partial charge in [-0.15, -0.1) is 0 Å². The highest BCUT2D eigenvalue weighted by molar-refractivity contribution is 9.10. The fraction of sp³-hybridized carbons (Fsp3) is 0.353. The van der Waals surface area contributed by atoms with Crippen molar-refractivity contribution in [2.24, 2.45) is 5.92 Å². The van der Waals surface area contributed by atoms with E-state index in [0.717, 1.165) is 15.4 Å². The molecule has 2 unspecified atom stereocenters. The van der Waals surface area contributed by atoms with Crippen LogP contribution in [0.3, 0.4) is 0 Å². The fourth-order valence-corrected chi connectivity index (χ4v) is 7.78. The van der Waals surface area contributed by atoms with Crippen LogP contribution in [0.4, 0.5) is 5.95 Å². The molecule has 270 valence electrons. The number of nitrogens with zero attached hydrogens (tertiary/aromatic N) is 4. The van der Waals surface area contributed by atoms with E-state index in [4.69, 9.17) is 24.3 Å². The number of nitrogens with two attached hydrogens (primary N) is 1. The molecular weight excluding hydrogens is 747 g/mol. The molecule has 51 heavy (non-hydrogen) atoms. The lowest BCUT2D eigenvalue weighted by molar-refractivity contribution is -0.152. The molecule has 15 nitrogen and oxygen atoms in total. The van der Waals surface area contributed by atoms with Crippen LogP contribution in [0.5, 0.6) is 11.6 Å². The molecule has 0 spiro atoms. The number of nitrogen functional groups attached to an aromatic ring is 1. The number of carbonyl (C=O) groups excluding carboxylic acids is 1. The third-order valence-corrected chi connectivity index (χ3v) is 10.7. The van der Waals surface area contributed by atoms with Crippen LogP contribution in [0.2, 0.25) is 0 Å². The van der Waals surface area contributed by atoms with Crippen molar-refractivity contribution in [3.63, 3.8) is 0 Å². The van der Waals surface area contributed by atoms with Crippen LogP contribution in [0.15, 0.2) is 77.5 Å². The Morgan fingerprint density at radius 3 is 2.55 bits per heavy atom. The molecule has 6 rings (SSSR count). The van der Waals surface area contributed by atoms with Crippen molar-refractivity contribution in [3.8, 4) is 11.6 Å². The Labute approximate surface area is 301 Å². The normalized spacial score (nSPS) is 22.9. The van der Waals surface area contributed by atoms with E-state index in [1.807, 2.05) is 42.5 Å². The number of aliphatic hydroxyl groups excluding tert-OH is 1. The highest BCUT2D eigenvalue weighted by Crippen LogP contribution is 2.49. The summed E-state index contributed by atoms with van der Waals surface area (Å²) in [6.07, 6.45) is -3.54. The predicted octanol–water partition coefficient (Wildman–Crippen LogP) is 5.16. The monoisotopic (exact) mass is 784 g/mol. The van der Waals surface area contributed by atoms with Gasteiger partial charge in [-0.05, 0) is 48.9 Å². The third-order valence-electron chi connectivity index (χ3n) is 8.65. The minimum absolute atomic E-state index is 0.00366. The van der Waals surface area contributed by atoms with E-state index in [1.165, 1.54) is 17.8 Å². The Kier molecular flexibility index (Phi) is 10.4. The lowest BCUT2D eigenvalue weighted by Gasteiger charge is -2.29. The van der Waals surface area contributed by atoms with Crippen molar-refractivity contribution in [3.05, 3.63) is 83.1 Å². The summed E-state index contributed by atoms with van der Waals surface area (Å²) in [6, 6.07) is 18.7. The quantitative estimate of drug-likeness (QED) is 0.0817. The average molecular weight is 786 g/mol. The smallest absolute Gasteiger partial charge is 0.459 e. The summed E-state index contributed by atoms with van der Waals surface area (Å²) in [5, 5.41) is 37.1. The molecule has 0 aliphatic carbocycles. The minimum Gasteiger partial charge on any atom is -0.492 e. The van der Waals surface area contributed by atoms with Gasteiger partial charge in [0.2, 0.25) is 11.8 Å². The van der Waals surface area contributed by atoms with Crippen LogP contribution in [-0.4, -0.2) is 71.3 Å². The molecule has 0 bridgehead atoms. The van der Waals surface area contributed by atoms with Crippen LogP contribution >= 0.6 is 23.7 Å². The number of rotatable bonds is 12. The number of anilines is 1. The number of hydrogen-bond acceptors (Lipinski definition) is 13. The van der Waals surface area contributed by atoms with Gasteiger partial charge in [-0.1, -0.05) is 78.3 Å². The first kappa shape index (κ1) is 36.6. The molecule has 1 fully saturated rings. The summed E-state index contributed by atoms with van der Waals surface area (Å²) in [7, 11) is -4.50. The van der Waals surface area contributed by atoms with Gasteiger partial charge < -0.3 is 35.1 Å². The number of esters is 1.